The van der Waals surface area contributed by atoms with Crippen LogP contribution in [0.3, 0.4) is 0 Å². The van der Waals surface area contributed by atoms with Crippen LogP contribution in [0.25, 0.3) is 0 Å². The van der Waals surface area contributed by atoms with E-state index < -0.39 is 0 Å². The van der Waals surface area contributed by atoms with Crippen LogP contribution >= 0.6 is 34.4 Å². The maximum Gasteiger partial charge on any atom is 0.259 e. The highest BCUT2D eigenvalue weighted by Gasteiger charge is 2.10. The molecular weight excluding hydrogens is 324 g/mol. The number of aromatic nitrogens is 3. The molecule has 8 heteroatoms. The maximum absolute atomic E-state index is 12.0. The third kappa shape index (κ3) is 3.87. The zero-order valence-corrected chi connectivity index (χ0v) is 13.2. The number of anilines is 1. The molecule has 0 aliphatic heterocycles. The fraction of sp³-hybridized carbons (Fsp3) is 0.0769. The highest BCUT2D eigenvalue weighted by Crippen LogP contribution is 2.29. The summed E-state index contributed by atoms with van der Waals surface area (Å²) in [4.78, 5) is 17.2. The molecule has 0 aliphatic rings. The number of pyridine rings is 1. The third-order valence-electron chi connectivity index (χ3n) is 2.47. The van der Waals surface area contributed by atoms with Crippen molar-refractivity contribution >= 4 is 45.5 Å². The molecule has 0 saturated carbocycles. The second-order valence-corrected chi connectivity index (χ2v) is 7.17. The quantitative estimate of drug-likeness (QED) is 0.571. The Morgan fingerprint density at radius 3 is 3.00 bits per heavy atom. The van der Waals surface area contributed by atoms with Gasteiger partial charge >= 0.3 is 0 Å². The summed E-state index contributed by atoms with van der Waals surface area (Å²) in [6.45, 7) is 0. The van der Waals surface area contributed by atoms with E-state index >= 15 is 0 Å². The third-order valence-corrected chi connectivity index (χ3v) is 5.55. The Morgan fingerprint density at radius 1 is 1.29 bits per heavy atom. The molecule has 1 amide bonds. The molecule has 3 rings (SSSR count). The van der Waals surface area contributed by atoms with Crippen molar-refractivity contribution in [2.45, 2.75) is 10.1 Å². The Bertz CT molecular complexity index is 712. The van der Waals surface area contributed by atoms with Gasteiger partial charge in [-0.2, -0.15) is 0 Å². The number of hydrogen-bond donors (Lipinski definition) is 1. The van der Waals surface area contributed by atoms with Gasteiger partial charge in [-0.05, 0) is 23.6 Å². The predicted octanol–water partition coefficient (Wildman–Crippen LogP) is 3.54. The predicted molar refractivity (Wildman–Crippen MR) is 86.0 cm³/mol. The summed E-state index contributed by atoms with van der Waals surface area (Å²) in [6, 6.07) is 7.54. The summed E-state index contributed by atoms with van der Waals surface area (Å²) in [5, 5.41) is 13.3. The number of carbonyl (C=O) groups is 1. The Hall–Kier alpha value is -1.77. The summed E-state index contributed by atoms with van der Waals surface area (Å²) in [7, 11) is 0. The first-order chi connectivity index (χ1) is 10.3. The van der Waals surface area contributed by atoms with Crippen molar-refractivity contribution in [3.05, 3.63) is 52.5 Å². The standard InChI is InChI=1S/C13H10N4OS3/c18-11(9-3-1-5-14-7-9)15-12-16-17-13(21-12)20-8-10-4-2-6-19-10/h1-7H,8H2,(H,15,16,18). The Morgan fingerprint density at radius 2 is 2.24 bits per heavy atom. The molecule has 0 aromatic carbocycles. The topological polar surface area (TPSA) is 67.8 Å². The number of rotatable bonds is 5. The second kappa shape index (κ2) is 6.79. The van der Waals surface area contributed by atoms with Crippen LogP contribution in [0.2, 0.25) is 0 Å². The highest BCUT2D eigenvalue weighted by atomic mass is 32.2. The van der Waals surface area contributed by atoms with Crippen molar-refractivity contribution in [3.63, 3.8) is 0 Å². The molecule has 0 atom stereocenters. The minimum absolute atomic E-state index is 0.228. The van der Waals surface area contributed by atoms with Gasteiger partial charge in [-0.25, -0.2) is 0 Å². The van der Waals surface area contributed by atoms with E-state index in [0.29, 0.717) is 10.7 Å². The largest absolute Gasteiger partial charge is 0.296 e. The average molecular weight is 334 g/mol. The van der Waals surface area contributed by atoms with Gasteiger partial charge in [0, 0.05) is 23.0 Å². The lowest BCUT2D eigenvalue weighted by Crippen LogP contribution is -2.11. The molecule has 3 aromatic rings. The molecule has 0 fully saturated rings. The van der Waals surface area contributed by atoms with Crippen LogP contribution in [0.5, 0.6) is 0 Å². The van der Waals surface area contributed by atoms with Gasteiger partial charge in [0.05, 0.1) is 5.56 Å². The van der Waals surface area contributed by atoms with Crippen molar-refractivity contribution in [1.29, 1.82) is 0 Å². The lowest BCUT2D eigenvalue weighted by molar-refractivity contribution is 0.102. The zero-order valence-electron chi connectivity index (χ0n) is 10.7. The van der Waals surface area contributed by atoms with Gasteiger partial charge in [-0.15, -0.1) is 21.5 Å². The van der Waals surface area contributed by atoms with E-state index in [2.05, 4.69) is 31.9 Å². The molecule has 21 heavy (non-hydrogen) atoms. The van der Waals surface area contributed by atoms with Crippen molar-refractivity contribution in [1.82, 2.24) is 15.2 Å². The van der Waals surface area contributed by atoms with Gasteiger partial charge in [0.25, 0.3) is 5.91 Å². The highest BCUT2D eigenvalue weighted by molar-refractivity contribution is 8.00. The first-order valence-electron chi connectivity index (χ1n) is 6.01. The average Bonchev–Trinajstić information content (AvgIpc) is 3.17. The first kappa shape index (κ1) is 14.2. The summed E-state index contributed by atoms with van der Waals surface area (Å²) in [5.74, 6) is 0.636. The Balaban J connectivity index is 1.59. The summed E-state index contributed by atoms with van der Waals surface area (Å²) in [5.41, 5.74) is 0.500. The summed E-state index contributed by atoms with van der Waals surface area (Å²) >= 11 is 4.70. The Kier molecular flexibility index (Phi) is 4.59. The minimum atomic E-state index is -0.228. The van der Waals surface area contributed by atoms with E-state index in [0.717, 1.165) is 10.1 Å². The van der Waals surface area contributed by atoms with Crippen LogP contribution in [0, 0.1) is 0 Å². The van der Waals surface area contributed by atoms with Crippen LogP contribution < -0.4 is 5.32 Å². The number of thioether (sulfide) groups is 1. The molecule has 0 saturated heterocycles. The zero-order chi connectivity index (χ0) is 14.5. The van der Waals surface area contributed by atoms with Crippen molar-refractivity contribution < 1.29 is 4.79 Å². The molecule has 0 radical (unpaired) electrons. The van der Waals surface area contributed by atoms with Gasteiger partial charge in [0.2, 0.25) is 5.13 Å². The lowest BCUT2D eigenvalue weighted by atomic mass is 10.3. The summed E-state index contributed by atoms with van der Waals surface area (Å²) < 4.78 is 0.838. The van der Waals surface area contributed by atoms with Crippen LogP contribution in [-0.2, 0) is 5.75 Å². The maximum atomic E-state index is 12.0. The van der Waals surface area contributed by atoms with Crippen LogP contribution in [0.15, 0.2) is 46.4 Å². The van der Waals surface area contributed by atoms with E-state index in [-0.39, 0.29) is 5.91 Å². The number of amides is 1. The fourth-order valence-corrected chi connectivity index (χ4v) is 4.03. The van der Waals surface area contributed by atoms with E-state index in [4.69, 9.17) is 0 Å². The Labute approximate surface area is 133 Å². The SMILES string of the molecule is O=C(Nc1nnc(SCc2cccs2)s1)c1cccnc1. The molecule has 106 valence electrons. The van der Waals surface area contributed by atoms with E-state index in [1.165, 1.54) is 22.4 Å². The molecule has 5 nitrogen and oxygen atoms in total. The minimum Gasteiger partial charge on any atom is -0.296 e. The van der Waals surface area contributed by atoms with E-state index in [9.17, 15) is 4.79 Å². The first-order valence-corrected chi connectivity index (χ1v) is 8.69. The van der Waals surface area contributed by atoms with E-state index in [1.54, 1.807) is 41.4 Å². The molecule has 3 heterocycles. The smallest absolute Gasteiger partial charge is 0.259 e. The van der Waals surface area contributed by atoms with Gasteiger partial charge in [-0.3, -0.25) is 15.1 Å². The molecule has 0 aliphatic carbocycles. The number of carbonyl (C=O) groups excluding carboxylic acids is 1. The van der Waals surface area contributed by atoms with Crippen molar-refractivity contribution in [2.24, 2.45) is 0 Å². The monoisotopic (exact) mass is 334 g/mol. The fourth-order valence-electron chi connectivity index (χ4n) is 1.51. The van der Waals surface area contributed by atoms with Crippen molar-refractivity contribution in [2.75, 3.05) is 5.32 Å². The van der Waals surface area contributed by atoms with Crippen LogP contribution in [0.4, 0.5) is 5.13 Å². The lowest BCUT2D eigenvalue weighted by Gasteiger charge is -1.99. The summed E-state index contributed by atoms with van der Waals surface area (Å²) in [6.07, 6.45) is 3.14. The van der Waals surface area contributed by atoms with Gasteiger partial charge in [-0.1, -0.05) is 29.2 Å². The molecule has 0 bridgehead atoms. The molecule has 1 N–H and O–H groups in total. The van der Waals surface area contributed by atoms with Crippen LogP contribution in [-0.4, -0.2) is 21.1 Å². The second-order valence-electron chi connectivity index (χ2n) is 3.94. The van der Waals surface area contributed by atoms with Crippen molar-refractivity contribution in [3.8, 4) is 0 Å². The van der Waals surface area contributed by atoms with Crippen LogP contribution in [0.1, 0.15) is 15.2 Å². The van der Waals surface area contributed by atoms with Gasteiger partial charge in [0.15, 0.2) is 4.34 Å². The van der Waals surface area contributed by atoms with E-state index in [1.807, 2.05) is 6.07 Å². The van der Waals surface area contributed by atoms with Gasteiger partial charge in [0.1, 0.15) is 0 Å². The number of nitrogens with zero attached hydrogens (tertiary/aromatic N) is 3. The number of hydrogen-bond acceptors (Lipinski definition) is 7. The number of thiophene rings is 1. The number of nitrogens with one attached hydrogen (secondary N) is 1. The molecular formula is C13H10N4OS3. The molecule has 0 unspecified atom stereocenters. The van der Waals surface area contributed by atoms with Gasteiger partial charge < -0.3 is 0 Å². The molecule has 0 spiro atoms. The normalized spacial score (nSPS) is 10.5. The molecule has 3 aromatic heterocycles.